The van der Waals surface area contributed by atoms with E-state index in [0.717, 1.165) is 59.7 Å². The number of amides is 17. The number of aliphatic carboxylic acids is 1. The molecular formula is C98H132FN21O22. The summed E-state index contributed by atoms with van der Waals surface area (Å²) in [5.74, 6) is -17.2. The van der Waals surface area contributed by atoms with Crippen molar-refractivity contribution in [1.82, 2.24) is 97.9 Å². The molecule has 9 rings (SSSR count). The van der Waals surface area contributed by atoms with Crippen molar-refractivity contribution in [2.45, 2.75) is 209 Å². The zero-order valence-electron chi connectivity index (χ0n) is 80.7. The van der Waals surface area contributed by atoms with Gasteiger partial charge in [-0.15, -0.1) is 0 Å². The van der Waals surface area contributed by atoms with Crippen LogP contribution in [0.15, 0.2) is 134 Å². The molecule has 0 saturated carbocycles. The number of carboxylic acid groups (broad SMARTS) is 1. The number of carbonyl (C=O) groups is 17. The molecule has 5 aromatic carbocycles. The van der Waals surface area contributed by atoms with Gasteiger partial charge in [0, 0.05) is 154 Å². The second-order valence-electron chi connectivity index (χ2n) is 35.8. The molecule has 2 saturated heterocycles. The number of nitrogens with two attached hydrogens (primary N) is 2. The van der Waals surface area contributed by atoms with Gasteiger partial charge in [-0.1, -0.05) is 72.8 Å². The zero-order valence-corrected chi connectivity index (χ0v) is 80.7. The van der Waals surface area contributed by atoms with E-state index >= 15 is 43.2 Å². The fourth-order valence-corrected chi connectivity index (χ4v) is 17.1. The number of aromatic hydroxyl groups is 2. The number of phenols is 2. The number of likely N-dealkylation sites (N-methyl/N-ethyl adjacent to an activating group) is 4. The number of para-hydroxylation sites is 1. The molecule has 17 amide bonds. The van der Waals surface area contributed by atoms with Crippen LogP contribution in [0.25, 0.3) is 21.8 Å². The number of hydrogen-bond acceptors (Lipinski definition) is 23. The Labute approximate surface area is 820 Å². The smallest absolute Gasteiger partial charge is 0.317 e. The molecule has 2 aliphatic heterocycles. The summed E-state index contributed by atoms with van der Waals surface area (Å²) in [6.07, 6.45) is -1.10. The first-order valence-electron chi connectivity index (χ1n) is 47.4. The van der Waals surface area contributed by atoms with Gasteiger partial charge < -0.3 is 130 Å². The van der Waals surface area contributed by atoms with Crippen LogP contribution in [0.3, 0.4) is 0 Å². The highest BCUT2D eigenvalue weighted by Crippen LogP contribution is 2.28. The number of hydrogen-bond donors (Lipinski definition) is 20. The van der Waals surface area contributed by atoms with E-state index in [1.165, 1.54) is 80.6 Å². The number of unbranched alkanes of at least 4 members (excludes halogenated alkanes) is 3. The van der Waals surface area contributed by atoms with Crippen LogP contribution in [0, 0.1) is 5.82 Å². The van der Waals surface area contributed by atoms with E-state index in [-0.39, 0.29) is 120 Å². The van der Waals surface area contributed by atoms with Gasteiger partial charge in [-0.25, -0.2) is 9.18 Å². The zero-order chi connectivity index (χ0) is 104. The van der Waals surface area contributed by atoms with Crippen LogP contribution in [-0.4, -0.2) is 338 Å². The lowest BCUT2D eigenvalue weighted by Crippen LogP contribution is -2.64. The molecule has 2 aliphatic rings. The number of urea groups is 1. The molecule has 0 radical (unpaired) electrons. The third kappa shape index (κ3) is 32.7. The molecule has 13 atom stereocenters. The summed E-state index contributed by atoms with van der Waals surface area (Å²) >= 11 is 0. The van der Waals surface area contributed by atoms with Crippen molar-refractivity contribution >= 4 is 122 Å². The molecule has 4 heterocycles. The minimum Gasteiger partial charge on any atom is -0.508 e. The van der Waals surface area contributed by atoms with Crippen molar-refractivity contribution in [3.05, 3.63) is 167 Å². The quantitative estimate of drug-likeness (QED) is 0.0210. The van der Waals surface area contributed by atoms with Crippen LogP contribution in [0.5, 0.6) is 11.5 Å². The van der Waals surface area contributed by atoms with E-state index in [2.05, 4.69) is 68.5 Å². The van der Waals surface area contributed by atoms with E-state index in [4.69, 9.17) is 11.5 Å². The van der Waals surface area contributed by atoms with E-state index in [1.807, 2.05) is 0 Å². The van der Waals surface area contributed by atoms with Crippen LogP contribution >= 0.6 is 0 Å². The molecule has 0 aliphatic carbocycles. The van der Waals surface area contributed by atoms with Gasteiger partial charge in [0.25, 0.3) is 0 Å². The van der Waals surface area contributed by atoms with Crippen molar-refractivity contribution in [3.8, 4) is 11.5 Å². The number of carboxylic acids is 1. The summed E-state index contributed by atoms with van der Waals surface area (Å²) in [7, 11) is 4.69. The third-order valence-electron chi connectivity index (χ3n) is 25.3. The molecule has 768 valence electrons. The van der Waals surface area contributed by atoms with Crippen molar-refractivity contribution in [2.24, 2.45) is 11.5 Å². The standard InChI is InChI=1S/C98H132FN21O22/c1-57(122)85-97(141)118(7)82(96(140)117(6)81(48-62-26-31-65(99)32-27-62)93(137)109-73(87(131)108-72(86(101)130)23-13-16-40-100)24-14-17-42-103-98(142)120-45-43-119(44-46-120)55-84(128)129)54-106-83(127)39-37-74(107-59(3)124)88(132)110-75(47-61-28-33-66(125)34-29-61)89(133)113-78(56-121)94(138)116(5)80(38-30-60-19-9-8-10-20-60)95(139)115(4)79(25-15-18-41-102-58(2)123)92(136)112-76(50-64-53-105-71-36-35-67(126)51-69(64)71)90(134)111-77(91(135)114-85)49-63-52-104-70-22-12-11-21-68(63)70/h8-12,19-22,26-29,31-36,51-53,57,72-82,85,104-105,121-122,125-126H,13-18,23-25,30,37-50,54-56,100H2,1-7H3,(H2,101,130)(H,102,123)(H,103,142)(H,106,127)(H,107,124)(H,108,131)(H,109,137)(H,110,132)(H,111,134)(H,112,136)(H,113,133)(H,114,135)(H,128,129)/t57-,72+,73-,74-,75-,76-,77-,78-,79-,80-,81-,82-,85-/m0/s1. The van der Waals surface area contributed by atoms with Gasteiger partial charge >= 0.3 is 12.0 Å². The summed E-state index contributed by atoms with van der Waals surface area (Å²) in [5, 5.41) is 84.0. The summed E-state index contributed by atoms with van der Waals surface area (Å²) in [6.45, 7) is 2.56. The van der Waals surface area contributed by atoms with Gasteiger partial charge in [-0.3, -0.25) is 81.6 Å². The molecule has 22 N–H and O–H groups in total. The number of halogens is 1. The minimum absolute atomic E-state index is 0.0204. The number of primary amides is 1. The topological polar surface area (TPSA) is 627 Å². The second-order valence-corrected chi connectivity index (χ2v) is 35.8. The number of fused-ring (bicyclic) bond motifs is 2. The Morgan fingerprint density at radius 3 is 1.76 bits per heavy atom. The Bertz CT molecular complexity index is 5550. The van der Waals surface area contributed by atoms with Crippen molar-refractivity contribution < 1.29 is 111 Å². The van der Waals surface area contributed by atoms with Crippen LogP contribution < -0.4 is 70.0 Å². The summed E-state index contributed by atoms with van der Waals surface area (Å²) in [4.78, 5) is 263. The molecule has 43 nitrogen and oxygen atoms in total. The van der Waals surface area contributed by atoms with E-state index in [0.29, 0.717) is 70.0 Å². The number of aromatic nitrogens is 2. The van der Waals surface area contributed by atoms with Crippen LogP contribution in [0.2, 0.25) is 0 Å². The number of aryl methyl sites for hydroxylation is 1. The van der Waals surface area contributed by atoms with Gasteiger partial charge in [0.05, 0.1) is 19.3 Å². The number of aliphatic hydroxyl groups excluding tert-OH is 2. The van der Waals surface area contributed by atoms with E-state index in [9.17, 15) is 68.3 Å². The highest BCUT2D eigenvalue weighted by Gasteiger charge is 2.44. The molecule has 0 spiro atoms. The third-order valence-corrected chi connectivity index (χ3v) is 25.3. The van der Waals surface area contributed by atoms with Crippen molar-refractivity contribution in [3.63, 3.8) is 0 Å². The number of carbonyl (C=O) groups excluding carboxylic acids is 16. The lowest BCUT2D eigenvalue weighted by Gasteiger charge is -2.37. The number of phenolic OH excluding ortho intramolecular Hbond substituents is 2. The first kappa shape index (κ1) is 111. The average Bonchev–Trinajstić information content (AvgIpc) is 1.44. The van der Waals surface area contributed by atoms with Gasteiger partial charge in [-0.05, 0) is 167 Å². The maximum absolute atomic E-state index is 16.2. The van der Waals surface area contributed by atoms with Gasteiger partial charge in [-0.2, -0.15) is 0 Å². The lowest BCUT2D eigenvalue weighted by molar-refractivity contribution is -0.150. The number of piperazine rings is 1. The second kappa shape index (κ2) is 54.2. The summed E-state index contributed by atoms with van der Waals surface area (Å²) in [6, 6.07) is 8.66. The SMILES string of the molecule is CC(=O)NCCCC[C@H]1C(=O)N[C@@H](Cc2c[nH]c3ccc(O)cc23)C(=O)N[C@@H](Cc2c[nH]c3ccccc23)C(=O)N[C@@H]([C@H](C)O)C(=O)N(C)[C@H](C(=O)N(C)[C@@H](Cc2ccc(F)cc2)C(=O)N[C@@H](CCCCNC(=O)N2CCN(CC(=O)O)CC2)C(=O)N[C@H](CCCCN)C(N)=O)CNC(=O)CC[C@H](NC(C)=O)C(=O)N[C@@H](Cc2ccc(O)cc2)C(=O)N[C@@H](CO)C(=O)N(C)[C@@H](CCc2ccccc2)C(=O)N1C. The number of benzene rings is 5. The largest absolute Gasteiger partial charge is 0.508 e. The number of rotatable bonds is 37. The Kier molecular flexibility index (Phi) is 42.4. The Morgan fingerprint density at radius 2 is 1.13 bits per heavy atom. The van der Waals surface area contributed by atoms with Crippen LogP contribution in [0.1, 0.15) is 126 Å². The van der Waals surface area contributed by atoms with Crippen LogP contribution in [-0.2, 0) is 109 Å². The molecule has 142 heavy (non-hydrogen) atoms. The Hall–Kier alpha value is -14.7. The fourth-order valence-electron chi connectivity index (χ4n) is 17.1. The normalized spacial score (nSPS) is 20.4. The van der Waals surface area contributed by atoms with E-state index < -0.39 is 231 Å². The number of aliphatic hydroxyl groups is 2. The molecule has 7 aromatic rings. The van der Waals surface area contributed by atoms with Gasteiger partial charge in [0.2, 0.25) is 88.6 Å². The molecule has 0 bridgehead atoms. The lowest BCUT2D eigenvalue weighted by atomic mass is 9.99. The highest BCUT2D eigenvalue weighted by atomic mass is 19.1. The maximum atomic E-state index is 16.2. The monoisotopic (exact) mass is 1970 g/mol. The molecule has 2 aromatic heterocycles. The van der Waals surface area contributed by atoms with Gasteiger partial charge in [0.1, 0.15) is 89.8 Å². The van der Waals surface area contributed by atoms with Crippen LogP contribution in [0.4, 0.5) is 9.18 Å². The van der Waals surface area contributed by atoms with Gasteiger partial charge in [0.15, 0.2) is 0 Å². The number of H-pyrrole nitrogens is 2. The highest BCUT2D eigenvalue weighted by molar-refractivity contribution is 6.01. The minimum atomic E-state index is -2.14. The van der Waals surface area contributed by atoms with Crippen molar-refractivity contribution in [1.29, 1.82) is 0 Å². The van der Waals surface area contributed by atoms with E-state index in [1.54, 1.807) is 71.8 Å². The molecule has 44 heteroatoms. The first-order valence-corrected chi connectivity index (χ1v) is 47.4. The molecule has 2 fully saturated rings. The fraction of sp³-hybridized carbons (Fsp3) is 0.480. The summed E-state index contributed by atoms with van der Waals surface area (Å²) < 4.78 is 14.9. The van der Waals surface area contributed by atoms with Crippen molar-refractivity contribution in [2.75, 3.05) is 93.7 Å². The number of nitrogens with zero attached hydrogens (tertiary/aromatic N) is 6. The Morgan fingerprint density at radius 1 is 0.563 bits per heavy atom. The maximum Gasteiger partial charge on any atom is 0.317 e. The Balaban J connectivity index is 1.15. The summed E-state index contributed by atoms with van der Waals surface area (Å²) in [5.41, 5.74) is 14.5. The number of nitrogens with one attached hydrogen (secondary N) is 13. The predicted octanol–water partition coefficient (Wildman–Crippen LogP) is -0.905. The first-order chi connectivity index (χ1) is 67.7. The average molecular weight is 1980 g/mol. The number of aromatic amines is 2. The predicted molar refractivity (Wildman–Crippen MR) is 518 cm³/mol. The molecule has 0 unspecified atom stereocenters. The molecular weight excluding hydrogens is 1840 g/mol.